The number of aromatic nitrogens is 1. The Kier molecular flexibility index (Phi) is 8.71. The molecule has 0 aliphatic heterocycles. The van der Waals surface area contributed by atoms with Crippen LogP contribution in [0.4, 0.5) is 10.7 Å². The van der Waals surface area contributed by atoms with Gasteiger partial charge in [-0.2, -0.15) is 0 Å². The van der Waals surface area contributed by atoms with E-state index in [4.69, 9.17) is 18.3 Å². The maximum Gasteiger partial charge on any atom is 0.414 e. The lowest BCUT2D eigenvalue weighted by molar-refractivity contribution is 0.0529. The summed E-state index contributed by atoms with van der Waals surface area (Å²) in [6, 6.07) is 1.75. The zero-order valence-corrected chi connectivity index (χ0v) is 23.2. The number of carbonyl (C=O) groups excluding carboxylic acids is 2. The highest BCUT2D eigenvalue weighted by atomic mass is 28.2. The Hall–Kier alpha value is -2.65. The van der Waals surface area contributed by atoms with Crippen molar-refractivity contribution in [2.24, 2.45) is 5.41 Å². The van der Waals surface area contributed by atoms with Crippen molar-refractivity contribution in [2.45, 2.75) is 73.0 Å². The number of hydrogen-bond acceptors (Lipinski definition) is 7. The highest BCUT2D eigenvalue weighted by molar-refractivity contribution is 6.32. The van der Waals surface area contributed by atoms with E-state index in [1.54, 1.807) is 40.0 Å². The van der Waals surface area contributed by atoms with E-state index in [0.717, 1.165) is 5.56 Å². The minimum atomic E-state index is -0.739. The van der Waals surface area contributed by atoms with Gasteiger partial charge in [-0.25, -0.2) is 9.59 Å². The van der Waals surface area contributed by atoms with E-state index >= 15 is 0 Å². The van der Waals surface area contributed by atoms with Gasteiger partial charge < -0.3 is 18.3 Å². The first kappa shape index (κ1) is 27.6. The molecule has 0 radical (unpaired) electrons. The number of hydrogen-bond donors (Lipinski definition) is 1. The number of fused-ring (bicyclic) bond motifs is 1. The summed E-state index contributed by atoms with van der Waals surface area (Å²) in [4.78, 5) is 29.2. The Balaban J connectivity index is 2.21. The molecule has 8 nitrogen and oxygen atoms in total. The van der Waals surface area contributed by atoms with Crippen LogP contribution in [0.15, 0.2) is 22.8 Å². The van der Waals surface area contributed by atoms with Crippen LogP contribution in [-0.4, -0.2) is 45.6 Å². The van der Waals surface area contributed by atoms with Crippen LogP contribution in [0, 0.1) is 5.41 Å². The van der Waals surface area contributed by atoms with Crippen LogP contribution in [0.1, 0.15) is 78.2 Å². The van der Waals surface area contributed by atoms with Crippen molar-refractivity contribution in [1.82, 2.24) is 4.98 Å². The molecule has 0 spiro atoms. The second-order valence-corrected chi connectivity index (χ2v) is 13.3. The maximum absolute atomic E-state index is 12.5. The summed E-state index contributed by atoms with van der Waals surface area (Å²) in [7, 11) is -0.728. The molecule has 0 aliphatic carbocycles. The summed E-state index contributed by atoms with van der Waals surface area (Å²) in [5, 5.41) is 2.68. The van der Waals surface area contributed by atoms with E-state index in [0.29, 0.717) is 17.7 Å². The monoisotopic (exact) mass is 490 g/mol. The number of ether oxygens (including phenoxy) is 2. The summed E-state index contributed by atoms with van der Waals surface area (Å²) in [5.74, 6) is -0.696. The molecule has 34 heavy (non-hydrogen) atoms. The minimum Gasteiger partial charge on any atom is -0.462 e. The molecule has 0 fully saturated rings. The lowest BCUT2D eigenvalue weighted by atomic mass is 9.82. The molecular weight excluding hydrogens is 452 g/mol. The summed E-state index contributed by atoms with van der Waals surface area (Å²) >= 11 is 0. The van der Waals surface area contributed by atoms with E-state index in [1.807, 2.05) is 12.2 Å². The first-order valence-corrected chi connectivity index (χ1v) is 12.8. The Morgan fingerprint density at radius 1 is 1.15 bits per heavy atom. The van der Waals surface area contributed by atoms with Gasteiger partial charge in [0.25, 0.3) is 0 Å². The SMILES string of the molecule is CCOC(=O)c1c(NC(=O)OC(C)(C)C)oc2cc(/C=C/CO[SiH2]C(C)(C)C(C)(C)C)cnc12. The van der Waals surface area contributed by atoms with E-state index in [2.05, 4.69) is 44.9 Å². The zero-order chi connectivity index (χ0) is 25.7. The van der Waals surface area contributed by atoms with Crippen molar-refractivity contribution in [2.75, 3.05) is 18.5 Å². The smallest absolute Gasteiger partial charge is 0.414 e. The fraction of sp³-hybridized carbons (Fsp3) is 0.560. The summed E-state index contributed by atoms with van der Waals surface area (Å²) in [5.41, 5.74) is 0.970. The van der Waals surface area contributed by atoms with Gasteiger partial charge in [-0.1, -0.05) is 46.8 Å². The Morgan fingerprint density at radius 2 is 1.82 bits per heavy atom. The first-order valence-electron chi connectivity index (χ1n) is 11.5. The molecule has 2 aromatic heterocycles. The van der Waals surface area contributed by atoms with Gasteiger partial charge in [-0.05, 0) is 49.8 Å². The average molecular weight is 491 g/mol. The van der Waals surface area contributed by atoms with Gasteiger partial charge in [0, 0.05) is 6.20 Å². The number of esters is 1. The van der Waals surface area contributed by atoms with Crippen molar-refractivity contribution < 1.29 is 27.9 Å². The van der Waals surface area contributed by atoms with Crippen LogP contribution in [0.3, 0.4) is 0 Å². The van der Waals surface area contributed by atoms with Crippen LogP contribution in [0.25, 0.3) is 17.2 Å². The molecule has 0 aromatic carbocycles. The van der Waals surface area contributed by atoms with Crippen molar-refractivity contribution in [1.29, 1.82) is 0 Å². The standard InChI is InChI=1S/C25H38N2O6Si/c1-10-30-21(28)18-19-17(32-20(18)27-22(29)33-24(5,6)7)14-16(15-26-19)12-11-13-31-34-25(8,9)23(2,3)4/h11-12,14-15H,10,13,34H2,1-9H3,(H,27,29)/b12-11+. The number of nitrogens with one attached hydrogen (secondary N) is 1. The van der Waals surface area contributed by atoms with Crippen molar-refractivity contribution >= 4 is 44.9 Å². The first-order chi connectivity index (χ1) is 15.6. The fourth-order valence-corrected chi connectivity index (χ4v) is 3.94. The predicted octanol–water partition coefficient (Wildman–Crippen LogP) is 5.71. The van der Waals surface area contributed by atoms with Gasteiger partial charge in [0.1, 0.15) is 16.7 Å². The Bertz CT molecular complexity index is 1040. The van der Waals surface area contributed by atoms with Crippen molar-refractivity contribution in [3.63, 3.8) is 0 Å². The van der Waals surface area contributed by atoms with Gasteiger partial charge in [0.05, 0.1) is 13.2 Å². The Morgan fingerprint density at radius 3 is 2.41 bits per heavy atom. The van der Waals surface area contributed by atoms with Crippen LogP contribution in [-0.2, 0) is 13.9 Å². The number of carbonyl (C=O) groups is 2. The molecule has 2 aromatic rings. The number of nitrogens with zero attached hydrogens (tertiary/aromatic N) is 1. The summed E-state index contributed by atoms with van der Waals surface area (Å²) in [6.45, 7) is 18.8. The number of pyridine rings is 1. The lowest BCUT2D eigenvalue weighted by Crippen LogP contribution is -2.30. The second kappa shape index (κ2) is 10.7. The van der Waals surface area contributed by atoms with Crippen molar-refractivity contribution in [3.8, 4) is 0 Å². The van der Waals surface area contributed by atoms with Crippen LogP contribution >= 0.6 is 0 Å². The zero-order valence-electron chi connectivity index (χ0n) is 21.8. The second-order valence-electron chi connectivity index (χ2n) is 10.8. The molecule has 9 heteroatoms. The summed E-state index contributed by atoms with van der Waals surface area (Å²) < 4.78 is 22.2. The number of anilines is 1. The van der Waals surface area contributed by atoms with Gasteiger partial charge in [0.15, 0.2) is 15.3 Å². The van der Waals surface area contributed by atoms with Gasteiger partial charge in [-0.15, -0.1) is 0 Å². The maximum atomic E-state index is 12.5. The van der Waals surface area contributed by atoms with Crippen LogP contribution in [0.5, 0.6) is 0 Å². The quantitative estimate of drug-likeness (QED) is 0.287. The molecule has 1 amide bonds. The molecule has 0 aliphatic rings. The van der Waals surface area contributed by atoms with Gasteiger partial charge in [0.2, 0.25) is 5.88 Å². The number of amides is 1. The summed E-state index contributed by atoms with van der Waals surface area (Å²) in [6.07, 6.45) is 4.71. The molecule has 0 bridgehead atoms. The molecule has 1 N–H and O–H groups in total. The third-order valence-corrected chi connectivity index (χ3v) is 7.88. The topological polar surface area (TPSA) is 99.9 Å². The number of rotatable bonds is 8. The van der Waals surface area contributed by atoms with E-state index in [1.165, 1.54) is 0 Å². The molecule has 0 unspecified atom stereocenters. The van der Waals surface area contributed by atoms with Crippen molar-refractivity contribution in [3.05, 3.63) is 29.5 Å². The largest absolute Gasteiger partial charge is 0.462 e. The minimum absolute atomic E-state index is 0.0528. The van der Waals surface area contributed by atoms with Crippen LogP contribution in [0.2, 0.25) is 5.04 Å². The molecule has 0 saturated heterocycles. The predicted molar refractivity (Wildman–Crippen MR) is 137 cm³/mol. The molecule has 0 atom stereocenters. The molecular formula is C25H38N2O6Si. The third kappa shape index (κ3) is 7.43. The fourth-order valence-electron chi connectivity index (χ4n) is 2.74. The van der Waals surface area contributed by atoms with Gasteiger partial charge >= 0.3 is 12.1 Å². The van der Waals surface area contributed by atoms with E-state index in [9.17, 15) is 9.59 Å². The third-order valence-electron chi connectivity index (χ3n) is 5.66. The average Bonchev–Trinajstić information content (AvgIpc) is 3.02. The lowest BCUT2D eigenvalue weighted by Gasteiger charge is -2.37. The Labute approximate surface area is 204 Å². The molecule has 188 valence electrons. The molecule has 0 saturated carbocycles. The number of furan rings is 1. The molecule has 2 heterocycles. The molecule has 2 rings (SSSR count). The van der Waals surface area contributed by atoms with Crippen LogP contribution < -0.4 is 5.32 Å². The van der Waals surface area contributed by atoms with Gasteiger partial charge in [-0.3, -0.25) is 10.3 Å². The highest BCUT2D eigenvalue weighted by Crippen LogP contribution is 2.43. The van der Waals surface area contributed by atoms with E-state index < -0.39 is 27.4 Å². The van der Waals surface area contributed by atoms with E-state index in [-0.39, 0.29) is 28.5 Å². The highest BCUT2D eigenvalue weighted by Gasteiger charge is 2.33. The normalized spacial score (nSPS) is 13.2.